The number of carbonyl (C=O) groups is 3. The summed E-state index contributed by atoms with van der Waals surface area (Å²) < 4.78 is 5.48. The number of para-hydroxylation sites is 1. The summed E-state index contributed by atoms with van der Waals surface area (Å²) in [5.74, 6) is -1.13. The van der Waals surface area contributed by atoms with Gasteiger partial charge in [0.05, 0.1) is 0 Å². The summed E-state index contributed by atoms with van der Waals surface area (Å²) in [6.07, 6.45) is 2.29. The Labute approximate surface area is 242 Å². The van der Waals surface area contributed by atoms with Crippen molar-refractivity contribution in [1.29, 1.82) is 0 Å². The molecule has 1 aliphatic carbocycles. The third-order valence-electron chi connectivity index (χ3n) is 7.65. The van der Waals surface area contributed by atoms with Crippen molar-refractivity contribution < 1.29 is 24.2 Å². The van der Waals surface area contributed by atoms with Crippen LogP contribution in [-0.2, 0) is 14.3 Å². The number of hydrogen-bond acceptors (Lipinski definition) is 5. The van der Waals surface area contributed by atoms with Gasteiger partial charge in [-0.25, -0.2) is 4.79 Å². The summed E-state index contributed by atoms with van der Waals surface area (Å²) in [5, 5.41) is 18.7. The SMILES string of the molecule is CCC(C)C(NC(=O)OC(C)(C)C)C(=O)N(C1CCC1)C(C(=O)Nc1ccc2ccccc2c1)c1ccccc1O. The van der Waals surface area contributed by atoms with Crippen LogP contribution in [0.2, 0.25) is 0 Å². The minimum atomic E-state index is -1.12. The molecule has 0 heterocycles. The van der Waals surface area contributed by atoms with Gasteiger partial charge in [-0.2, -0.15) is 0 Å². The van der Waals surface area contributed by atoms with Crippen LogP contribution in [0.25, 0.3) is 10.8 Å². The van der Waals surface area contributed by atoms with Crippen LogP contribution >= 0.6 is 0 Å². The number of phenols is 1. The highest BCUT2D eigenvalue weighted by molar-refractivity contribution is 6.01. The first-order chi connectivity index (χ1) is 19.5. The number of alkyl carbamates (subject to hydrolysis) is 1. The molecular weight excluding hydrogens is 518 g/mol. The summed E-state index contributed by atoms with van der Waals surface area (Å²) in [7, 11) is 0. The minimum absolute atomic E-state index is 0.0801. The van der Waals surface area contributed by atoms with E-state index in [1.165, 1.54) is 6.07 Å². The van der Waals surface area contributed by atoms with Gasteiger partial charge < -0.3 is 25.4 Å². The number of benzene rings is 3. The quantitative estimate of drug-likeness (QED) is 0.276. The van der Waals surface area contributed by atoms with Gasteiger partial charge >= 0.3 is 6.09 Å². The summed E-state index contributed by atoms with van der Waals surface area (Å²) in [6.45, 7) is 9.13. The molecule has 0 bridgehead atoms. The maximum Gasteiger partial charge on any atom is 0.408 e. The van der Waals surface area contributed by atoms with Crippen LogP contribution in [0.4, 0.5) is 10.5 Å². The molecule has 3 aromatic carbocycles. The van der Waals surface area contributed by atoms with E-state index in [0.717, 1.165) is 30.0 Å². The number of fused-ring (bicyclic) bond motifs is 1. The fraction of sp³-hybridized carbons (Fsp3) is 0.424. The van der Waals surface area contributed by atoms with E-state index in [2.05, 4.69) is 10.6 Å². The number of rotatable bonds is 9. The van der Waals surface area contributed by atoms with Crippen molar-refractivity contribution in [3.63, 3.8) is 0 Å². The van der Waals surface area contributed by atoms with Crippen LogP contribution in [-0.4, -0.2) is 45.6 Å². The van der Waals surface area contributed by atoms with Crippen molar-refractivity contribution in [1.82, 2.24) is 10.2 Å². The van der Waals surface area contributed by atoms with E-state index in [1.807, 2.05) is 56.3 Å². The van der Waals surface area contributed by atoms with Gasteiger partial charge in [-0.1, -0.05) is 68.8 Å². The Kier molecular flexibility index (Phi) is 9.21. The van der Waals surface area contributed by atoms with Gasteiger partial charge in [0.25, 0.3) is 5.91 Å². The number of phenolic OH excluding ortho intramolecular Hbond substituents is 1. The number of nitrogens with zero attached hydrogens (tertiary/aromatic N) is 1. The Bertz CT molecular complexity index is 1390. The van der Waals surface area contributed by atoms with E-state index in [4.69, 9.17) is 4.74 Å². The highest BCUT2D eigenvalue weighted by atomic mass is 16.6. The summed E-state index contributed by atoms with van der Waals surface area (Å²) in [5.41, 5.74) is 0.172. The number of aromatic hydroxyl groups is 1. The molecule has 1 aliphatic rings. The third-order valence-corrected chi connectivity index (χ3v) is 7.65. The summed E-state index contributed by atoms with van der Waals surface area (Å²) >= 11 is 0. The molecule has 0 radical (unpaired) electrons. The van der Waals surface area contributed by atoms with Crippen molar-refractivity contribution >= 4 is 34.4 Å². The zero-order valence-corrected chi connectivity index (χ0v) is 24.5. The molecule has 0 spiro atoms. The Balaban J connectivity index is 1.73. The molecule has 4 rings (SSSR count). The highest BCUT2D eigenvalue weighted by Crippen LogP contribution is 2.38. The lowest BCUT2D eigenvalue weighted by Crippen LogP contribution is -2.58. The number of nitrogens with one attached hydrogen (secondary N) is 2. The first-order valence-electron chi connectivity index (χ1n) is 14.4. The van der Waals surface area contributed by atoms with Crippen molar-refractivity contribution in [3.05, 3.63) is 72.3 Å². The molecule has 0 saturated heterocycles. The average molecular weight is 560 g/mol. The van der Waals surface area contributed by atoms with Crippen molar-refractivity contribution in [3.8, 4) is 5.75 Å². The molecule has 1 saturated carbocycles. The molecule has 3 unspecified atom stereocenters. The largest absolute Gasteiger partial charge is 0.508 e. The molecule has 0 aliphatic heterocycles. The molecular formula is C33H41N3O5. The molecule has 3 amide bonds. The van der Waals surface area contributed by atoms with E-state index in [1.54, 1.807) is 43.9 Å². The van der Waals surface area contributed by atoms with Gasteiger partial charge in [-0.3, -0.25) is 9.59 Å². The van der Waals surface area contributed by atoms with E-state index < -0.39 is 29.7 Å². The predicted octanol–water partition coefficient (Wildman–Crippen LogP) is 6.55. The molecule has 3 N–H and O–H groups in total. The number of hydrogen-bond donors (Lipinski definition) is 3. The van der Waals surface area contributed by atoms with Gasteiger partial charge in [-0.15, -0.1) is 0 Å². The van der Waals surface area contributed by atoms with Crippen LogP contribution in [0.1, 0.15) is 71.9 Å². The monoisotopic (exact) mass is 559 g/mol. The lowest BCUT2D eigenvalue weighted by atomic mass is 9.86. The second-order valence-electron chi connectivity index (χ2n) is 11.9. The van der Waals surface area contributed by atoms with Crippen molar-refractivity contribution in [2.45, 2.75) is 84.0 Å². The van der Waals surface area contributed by atoms with Crippen LogP contribution in [0.3, 0.4) is 0 Å². The second-order valence-corrected chi connectivity index (χ2v) is 11.9. The highest BCUT2D eigenvalue weighted by Gasteiger charge is 2.44. The van der Waals surface area contributed by atoms with Gasteiger partial charge in [0.2, 0.25) is 5.91 Å². The van der Waals surface area contributed by atoms with Gasteiger partial charge in [0.15, 0.2) is 0 Å². The molecule has 0 aromatic heterocycles. The number of amides is 3. The third kappa shape index (κ3) is 7.17. The number of anilines is 1. The van der Waals surface area contributed by atoms with Crippen LogP contribution in [0.5, 0.6) is 5.75 Å². The Hall–Kier alpha value is -4.07. The lowest BCUT2D eigenvalue weighted by molar-refractivity contribution is -0.147. The maximum atomic E-state index is 14.4. The molecule has 8 nitrogen and oxygen atoms in total. The number of ether oxygens (including phenoxy) is 1. The normalized spacial score (nSPS) is 15.7. The van der Waals surface area contributed by atoms with Crippen molar-refractivity contribution in [2.24, 2.45) is 5.92 Å². The smallest absolute Gasteiger partial charge is 0.408 e. The van der Waals surface area contributed by atoms with Crippen LogP contribution < -0.4 is 10.6 Å². The van der Waals surface area contributed by atoms with Gasteiger partial charge in [-0.05, 0) is 74.9 Å². The topological polar surface area (TPSA) is 108 Å². The first kappa shape index (κ1) is 29.9. The van der Waals surface area contributed by atoms with Gasteiger partial charge in [0, 0.05) is 17.3 Å². The van der Waals surface area contributed by atoms with Crippen LogP contribution in [0, 0.1) is 5.92 Å². The first-order valence-corrected chi connectivity index (χ1v) is 14.4. The molecule has 3 aromatic rings. The fourth-order valence-electron chi connectivity index (χ4n) is 5.07. The van der Waals surface area contributed by atoms with E-state index in [0.29, 0.717) is 17.7 Å². The minimum Gasteiger partial charge on any atom is -0.508 e. The molecule has 41 heavy (non-hydrogen) atoms. The summed E-state index contributed by atoms with van der Waals surface area (Å²) in [4.78, 5) is 43.0. The Morgan fingerprint density at radius 1 is 1.00 bits per heavy atom. The van der Waals surface area contributed by atoms with Gasteiger partial charge in [0.1, 0.15) is 23.4 Å². The Morgan fingerprint density at radius 3 is 2.27 bits per heavy atom. The second kappa shape index (κ2) is 12.6. The zero-order valence-electron chi connectivity index (χ0n) is 24.5. The molecule has 3 atom stereocenters. The zero-order chi connectivity index (χ0) is 29.7. The Morgan fingerprint density at radius 2 is 1.66 bits per heavy atom. The number of carbonyl (C=O) groups excluding carboxylic acids is 3. The van der Waals surface area contributed by atoms with Crippen molar-refractivity contribution in [2.75, 3.05) is 5.32 Å². The molecule has 218 valence electrons. The maximum absolute atomic E-state index is 14.4. The standard InChI is InChI=1S/C33H41N3O5/c1-6-21(2)28(35-32(40)41-33(3,4)5)31(39)36(25-14-11-15-25)29(26-16-9-10-17-27(26)37)30(38)34-24-19-18-22-12-7-8-13-23(22)20-24/h7-10,12-13,16-21,25,28-29,37H,6,11,14-15H2,1-5H3,(H,34,38)(H,35,40). The summed E-state index contributed by atoms with van der Waals surface area (Å²) in [6, 6.07) is 17.8. The van der Waals surface area contributed by atoms with E-state index >= 15 is 0 Å². The fourth-order valence-corrected chi connectivity index (χ4v) is 5.07. The molecule has 8 heteroatoms. The van der Waals surface area contributed by atoms with E-state index in [-0.39, 0.29) is 23.6 Å². The van der Waals surface area contributed by atoms with E-state index in [9.17, 15) is 19.5 Å². The average Bonchev–Trinajstić information content (AvgIpc) is 2.89. The van der Waals surface area contributed by atoms with Crippen LogP contribution in [0.15, 0.2) is 66.7 Å². The predicted molar refractivity (Wildman–Crippen MR) is 161 cm³/mol. The lowest BCUT2D eigenvalue weighted by Gasteiger charge is -2.44. The molecule has 1 fully saturated rings.